The molecule has 0 radical (unpaired) electrons. The number of carboxylic acids is 1. The number of carboxylic acid groups (broad SMARTS) is 1. The van der Waals surface area contributed by atoms with Crippen molar-refractivity contribution in [1.82, 2.24) is 10.2 Å². The number of carbonyl (C=O) groups excluding carboxylic acids is 1. The van der Waals surface area contributed by atoms with Gasteiger partial charge in [0.1, 0.15) is 6.04 Å². The lowest BCUT2D eigenvalue weighted by molar-refractivity contribution is -0.141. The first-order chi connectivity index (χ1) is 7.41. The van der Waals surface area contributed by atoms with Crippen LogP contribution in [0, 0.1) is 0 Å². The number of aliphatic hydroxyl groups excluding tert-OH is 1. The van der Waals surface area contributed by atoms with Gasteiger partial charge in [-0.05, 0) is 19.8 Å². The van der Waals surface area contributed by atoms with E-state index in [0.29, 0.717) is 0 Å². The van der Waals surface area contributed by atoms with E-state index in [2.05, 4.69) is 5.32 Å². The highest BCUT2D eigenvalue weighted by Crippen LogP contribution is 2.34. The van der Waals surface area contributed by atoms with Crippen LogP contribution >= 0.6 is 0 Å². The van der Waals surface area contributed by atoms with Gasteiger partial charge < -0.3 is 20.4 Å². The van der Waals surface area contributed by atoms with Crippen LogP contribution in [0.2, 0.25) is 0 Å². The maximum absolute atomic E-state index is 11.8. The summed E-state index contributed by atoms with van der Waals surface area (Å²) in [5.41, 5.74) is -0.173. The van der Waals surface area contributed by atoms with Crippen LogP contribution in [0.15, 0.2) is 0 Å². The maximum atomic E-state index is 11.8. The second-order valence-electron chi connectivity index (χ2n) is 4.89. The van der Waals surface area contributed by atoms with Gasteiger partial charge >= 0.3 is 12.0 Å². The smallest absolute Gasteiger partial charge is 0.326 e. The summed E-state index contributed by atoms with van der Waals surface area (Å²) in [5.74, 6) is -1.06. The molecule has 0 aromatic rings. The number of hydrogen-bond donors (Lipinski definition) is 3. The Labute approximate surface area is 93.2 Å². The van der Waals surface area contributed by atoms with E-state index >= 15 is 0 Å². The van der Waals surface area contributed by atoms with E-state index in [-0.39, 0.29) is 24.5 Å². The molecule has 1 saturated carbocycles. The van der Waals surface area contributed by atoms with Crippen LogP contribution < -0.4 is 5.32 Å². The first-order valence-corrected chi connectivity index (χ1v) is 5.41. The lowest BCUT2D eigenvalue weighted by Crippen LogP contribution is -2.49. The van der Waals surface area contributed by atoms with Crippen LogP contribution in [0.3, 0.4) is 0 Å². The fourth-order valence-corrected chi connectivity index (χ4v) is 1.91. The van der Waals surface area contributed by atoms with Gasteiger partial charge in [0.25, 0.3) is 0 Å². The van der Waals surface area contributed by atoms with Crippen molar-refractivity contribution in [3.63, 3.8) is 0 Å². The molecule has 6 nitrogen and oxygen atoms in total. The van der Waals surface area contributed by atoms with Crippen molar-refractivity contribution in [2.24, 2.45) is 0 Å². The molecule has 3 N–H and O–H groups in total. The predicted molar refractivity (Wildman–Crippen MR) is 54.9 cm³/mol. The Balaban J connectivity index is 2.01. The summed E-state index contributed by atoms with van der Waals surface area (Å²) in [6.07, 6.45) is 1.22. The van der Waals surface area contributed by atoms with Gasteiger partial charge in [-0.3, -0.25) is 0 Å². The highest BCUT2D eigenvalue weighted by atomic mass is 16.4. The van der Waals surface area contributed by atoms with Crippen LogP contribution in [-0.4, -0.2) is 51.3 Å². The minimum atomic E-state index is -1.06. The molecule has 2 atom stereocenters. The van der Waals surface area contributed by atoms with Gasteiger partial charge in [-0.25, -0.2) is 9.59 Å². The van der Waals surface area contributed by atoms with Crippen molar-refractivity contribution in [2.75, 3.05) is 6.54 Å². The number of amides is 2. The zero-order chi connectivity index (χ0) is 11.9. The second kappa shape index (κ2) is 3.62. The third-order valence-electron chi connectivity index (χ3n) is 3.23. The van der Waals surface area contributed by atoms with Crippen LogP contribution in [-0.2, 0) is 4.79 Å². The molecule has 2 fully saturated rings. The molecular formula is C10H16N2O4. The minimum Gasteiger partial charge on any atom is -0.480 e. The Hall–Kier alpha value is -1.30. The van der Waals surface area contributed by atoms with E-state index in [4.69, 9.17) is 5.11 Å². The van der Waals surface area contributed by atoms with Crippen LogP contribution in [0.1, 0.15) is 26.2 Å². The number of urea groups is 1. The van der Waals surface area contributed by atoms with Gasteiger partial charge in [0.2, 0.25) is 0 Å². The lowest BCUT2D eigenvalue weighted by atomic mass is 10.2. The molecule has 1 aliphatic carbocycles. The summed E-state index contributed by atoms with van der Waals surface area (Å²) in [6, 6.07) is -1.29. The number of nitrogens with one attached hydrogen (secondary N) is 1. The molecule has 2 rings (SSSR count). The average molecular weight is 228 g/mol. The quantitative estimate of drug-likeness (QED) is 0.609. The molecule has 0 spiro atoms. The van der Waals surface area contributed by atoms with Crippen LogP contribution in [0.4, 0.5) is 4.79 Å². The SMILES string of the molecule is CC1(NC(=O)N2CC(O)CC2C(=O)O)CC1. The summed E-state index contributed by atoms with van der Waals surface area (Å²) in [4.78, 5) is 23.9. The molecule has 2 aliphatic rings. The van der Waals surface area contributed by atoms with E-state index in [0.717, 1.165) is 12.8 Å². The van der Waals surface area contributed by atoms with Gasteiger partial charge in [-0.15, -0.1) is 0 Å². The van der Waals surface area contributed by atoms with Gasteiger partial charge in [0, 0.05) is 18.5 Å². The Morgan fingerprint density at radius 1 is 1.44 bits per heavy atom. The third kappa shape index (κ3) is 2.11. The lowest BCUT2D eigenvalue weighted by Gasteiger charge is -2.23. The summed E-state index contributed by atoms with van der Waals surface area (Å²) < 4.78 is 0. The van der Waals surface area contributed by atoms with Crippen molar-refractivity contribution < 1.29 is 19.8 Å². The van der Waals surface area contributed by atoms with Gasteiger partial charge in [-0.1, -0.05) is 0 Å². The topological polar surface area (TPSA) is 89.9 Å². The Bertz CT molecular complexity index is 327. The standard InChI is InChI=1S/C10H16N2O4/c1-10(2-3-10)11-9(16)12-5-6(13)4-7(12)8(14)15/h6-7,13H,2-5H2,1H3,(H,11,16)(H,14,15). The summed E-state index contributed by atoms with van der Waals surface area (Å²) in [7, 11) is 0. The van der Waals surface area contributed by atoms with Crippen molar-refractivity contribution in [1.29, 1.82) is 0 Å². The number of β-amino-alcohol motifs (C(OH)–C–C–N with tert-alkyl or cyclic N) is 1. The molecule has 6 heteroatoms. The number of aliphatic carboxylic acids is 1. The van der Waals surface area contributed by atoms with Crippen LogP contribution in [0.5, 0.6) is 0 Å². The highest BCUT2D eigenvalue weighted by molar-refractivity contribution is 5.84. The van der Waals surface area contributed by atoms with E-state index in [9.17, 15) is 14.7 Å². The summed E-state index contributed by atoms with van der Waals surface area (Å²) >= 11 is 0. The monoisotopic (exact) mass is 228 g/mol. The third-order valence-corrected chi connectivity index (χ3v) is 3.23. The highest BCUT2D eigenvalue weighted by Gasteiger charge is 2.44. The van der Waals surface area contributed by atoms with Gasteiger partial charge in [0.05, 0.1) is 6.10 Å². The van der Waals surface area contributed by atoms with Crippen molar-refractivity contribution in [2.45, 2.75) is 43.9 Å². The zero-order valence-corrected chi connectivity index (χ0v) is 9.14. The van der Waals surface area contributed by atoms with Crippen LogP contribution in [0.25, 0.3) is 0 Å². The Kier molecular flexibility index (Phi) is 2.53. The molecular weight excluding hydrogens is 212 g/mol. The largest absolute Gasteiger partial charge is 0.480 e. The first kappa shape index (κ1) is 11.2. The maximum Gasteiger partial charge on any atom is 0.326 e. The number of nitrogens with zero attached hydrogens (tertiary/aromatic N) is 1. The second-order valence-corrected chi connectivity index (χ2v) is 4.89. The molecule has 2 amide bonds. The van der Waals surface area contributed by atoms with E-state index in [1.54, 1.807) is 0 Å². The summed E-state index contributed by atoms with van der Waals surface area (Å²) in [6.45, 7) is 2.02. The zero-order valence-electron chi connectivity index (χ0n) is 9.14. The van der Waals surface area contributed by atoms with E-state index in [1.165, 1.54) is 4.90 Å². The Morgan fingerprint density at radius 2 is 2.06 bits per heavy atom. The van der Waals surface area contributed by atoms with E-state index in [1.807, 2.05) is 6.92 Å². The van der Waals surface area contributed by atoms with Gasteiger partial charge in [0.15, 0.2) is 0 Å². The number of hydrogen-bond acceptors (Lipinski definition) is 3. The van der Waals surface area contributed by atoms with Crippen molar-refractivity contribution >= 4 is 12.0 Å². The minimum absolute atomic E-state index is 0.0961. The predicted octanol–water partition coefficient (Wildman–Crippen LogP) is -0.232. The number of carbonyl (C=O) groups is 2. The van der Waals surface area contributed by atoms with E-state index < -0.39 is 18.1 Å². The molecule has 0 bridgehead atoms. The molecule has 1 aliphatic heterocycles. The number of aliphatic hydroxyl groups is 1. The average Bonchev–Trinajstić information content (AvgIpc) is 2.76. The number of likely N-dealkylation sites (tertiary alicyclic amines) is 1. The van der Waals surface area contributed by atoms with Crippen molar-refractivity contribution in [3.05, 3.63) is 0 Å². The molecule has 0 aromatic carbocycles. The molecule has 1 saturated heterocycles. The summed E-state index contributed by atoms with van der Waals surface area (Å²) in [5, 5.41) is 21.1. The molecule has 1 heterocycles. The molecule has 90 valence electrons. The van der Waals surface area contributed by atoms with Gasteiger partial charge in [-0.2, -0.15) is 0 Å². The Morgan fingerprint density at radius 3 is 2.56 bits per heavy atom. The first-order valence-electron chi connectivity index (χ1n) is 5.41. The fraction of sp³-hybridized carbons (Fsp3) is 0.800. The fourth-order valence-electron chi connectivity index (χ4n) is 1.91. The molecule has 0 aromatic heterocycles. The molecule has 2 unspecified atom stereocenters. The molecule has 16 heavy (non-hydrogen) atoms. The normalized spacial score (nSPS) is 31.2. The van der Waals surface area contributed by atoms with Crippen molar-refractivity contribution in [3.8, 4) is 0 Å². The number of rotatable bonds is 2.